The minimum absolute atomic E-state index is 0. The minimum atomic E-state index is -0.0856. The Bertz CT molecular complexity index is 861. The molecule has 30 heavy (non-hydrogen) atoms. The molecule has 0 atom stereocenters. The van der Waals surface area contributed by atoms with Crippen LogP contribution >= 0.6 is 24.0 Å². The van der Waals surface area contributed by atoms with Gasteiger partial charge in [-0.1, -0.05) is 12.1 Å². The van der Waals surface area contributed by atoms with Crippen LogP contribution in [0.15, 0.2) is 52.1 Å². The molecule has 3 rings (SSSR count). The molecule has 0 unspecified atom stereocenters. The Morgan fingerprint density at radius 3 is 2.47 bits per heavy atom. The van der Waals surface area contributed by atoms with Gasteiger partial charge in [0.2, 0.25) is 0 Å². The number of hydrogen-bond donors (Lipinski definition) is 2. The Hall–Kier alpha value is -2.56. The molecule has 2 heterocycles. The highest BCUT2D eigenvalue weighted by Crippen LogP contribution is 2.10. The van der Waals surface area contributed by atoms with Gasteiger partial charge in [0.05, 0.1) is 6.26 Å². The van der Waals surface area contributed by atoms with Gasteiger partial charge in [0.25, 0.3) is 11.8 Å². The van der Waals surface area contributed by atoms with Gasteiger partial charge in [0.15, 0.2) is 11.7 Å². The van der Waals surface area contributed by atoms with E-state index in [4.69, 9.17) is 4.42 Å². The number of amides is 2. The normalized spacial score (nSPS) is 14.1. The van der Waals surface area contributed by atoms with Crippen molar-refractivity contribution in [3.05, 3.63) is 59.5 Å². The number of nitrogens with one attached hydrogen (secondary N) is 2. The van der Waals surface area contributed by atoms with Crippen LogP contribution in [0.25, 0.3) is 0 Å². The molecular weight excluding hydrogens is 497 g/mol. The number of carbonyl (C=O) groups is 2. The molecule has 2 aromatic rings. The van der Waals surface area contributed by atoms with Crippen molar-refractivity contribution in [3.63, 3.8) is 0 Å². The van der Waals surface area contributed by atoms with Crippen molar-refractivity contribution in [1.29, 1.82) is 0 Å². The summed E-state index contributed by atoms with van der Waals surface area (Å²) < 4.78 is 5.20. The number of aliphatic imine (C=N–C) groups is 1. The second-order valence-corrected chi connectivity index (χ2v) is 6.76. The van der Waals surface area contributed by atoms with Crippen LogP contribution in [0.5, 0.6) is 0 Å². The number of carbonyl (C=O) groups excluding carboxylic acids is 2. The van der Waals surface area contributed by atoms with E-state index in [0.717, 1.165) is 17.9 Å². The van der Waals surface area contributed by atoms with E-state index in [2.05, 4.69) is 20.5 Å². The molecule has 162 valence electrons. The van der Waals surface area contributed by atoms with Crippen molar-refractivity contribution >= 4 is 41.8 Å². The van der Waals surface area contributed by atoms with Crippen molar-refractivity contribution in [2.75, 3.05) is 46.8 Å². The monoisotopic (exact) mass is 525 g/mol. The maximum Gasteiger partial charge on any atom is 0.289 e. The van der Waals surface area contributed by atoms with Gasteiger partial charge in [0, 0.05) is 52.4 Å². The predicted octanol–water partition coefficient (Wildman–Crippen LogP) is 1.83. The van der Waals surface area contributed by atoms with Crippen LogP contribution in [0.3, 0.4) is 0 Å². The van der Waals surface area contributed by atoms with E-state index in [-0.39, 0.29) is 35.8 Å². The van der Waals surface area contributed by atoms with Crippen molar-refractivity contribution < 1.29 is 14.0 Å². The van der Waals surface area contributed by atoms with Crippen LogP contribution in [-0.4, -0.2) is 74.4 Å². The lowest BCUT2D eigenvalue weighted by Gasteiger charge is -2.36. The lowest BCUT2D eigenvalue weighted by atomic mass is 10.1. The number of benzene rings is 1. The Morgan fingerprint density at radius 1 is 1.10 bits per heavy atom. The SMILES string of the molecule is CN=C(NCCc1cccc(C(=O)NC)c1)N1CCN(C(=O)c2ccco2)CC1.I. The molecular formula is C21H28IN5O3. The highest BCUT2D eigenvalue weighted by Gasteiger charge is 2.25. The van der Waals surface area contributed by atoms with Crippen LogP contribution in [0, 0.1) is 0 Å². The van der Waals surface area contributed by atoms with Gasteiger partial charge in [-0.2, -0.15) is 0 Å². The molecule has 1 aliphatic heterocycles. The van der Waals surface area contributed by atoms with E-state index in [9.17, 15) is 9.59 Å². The van der Waals surface area contributed by atoms with Crippen molar-refractivity contribution in [3.8, 4) is 0 Å². The number of furan rings is 1. The molecule has 9 heteroatoms. The quantitative estimate of drug-likeness (QED) is 0.354. The van der Waals surface area contributed by atoms with Crippen molar-refractivity contribution in [1.82, 2.24) is 20.4 Å². The number of hydrogen-bond acceptors (Lipinski definition) is 4. The van der Waals surface area contributed by atoms with Gasteiger partial charge in [-0.3, -0.25) is 14.6 Å². The summed E-state index contributed by atoms with van der Waals surface area (Å²) in [5.74, 6) is 1.03. The number of nitrogens with zero attached hydrogens (tertiary/aromatic N) is 3. The Kier molecular flexibility index (Phi) is 9.15. The van der Waals surface area contributed by atoms with Gasteiger partial charge in [-0.15, -0.1) is 24.0 Å². The predicted molar refractivity (Wildman–Crippen MR) is 126 cm³/mol. The average Bonchev–Trinajstić information content (AvgIpc) is 3.31. The highest BCUT2D eigenvalue weighted by molar-refractivity contribution is 14.0. The molecule has 0 aliphatic carbocycles. The largest absolute Gasteiger partial charge is 0.459 e. The summed E-state index contributed by atoms with van der Waals surface area (Å²) in [6, 6.07) is 11.0. The summed E-state index contributed by atoms with van der Waals surface area (Å²) in [4.78, 5) is 32.4. The van der Waals surface area contributed by atoms with Gasteiger partial charge >= 0.3 is 0 Å². The lowest BCUT2D eigenvalue weighted by Crippen LogP contribution is -2.54. The number of rotatable bonds is 5. The Labute approximate surface area is 193 Å². The molecule has 0 saturated carbocycles. The lowest BCUT2D eigenvalue weighted by molar-refractivity contribution is 0.0657. The Balaban J connectivity index is 0.00000320. The minimum Gasteiger partial charge on any atom is -0.459 e. The van der Waals surface area contributed by atoms with E-state index in [1.807, 2.05) is 18.2 Å². The summed E-state index contributed by atoms with van der Waals surface area (Å²) in [6.45, 7) is 3.36. The number of guanidine groups is 1. The van der Waals surface area contributed by atoms with Crippen molar-refractivity contribution in [2.24, 2.45) is 4.99 Å². The fourth-order valence-corrected chi connectivity index (χ4v) is 3.34. The number of halogens is 1. The molecule has 8 nitrogen and oxygen atoms in total. The van der Waals surface area contributed by atoms with Gasteiger partial charge in [-0.05, 0) is 36.2 Å². The second kappa shape index (κ2) is 11.6. The third kappa shape index (κ3) is 5.97. The third-order valence-corrected chi connectivity index (χ3v) is 4.92. The zero-order valence-electron chi connectivity index (χ0n) is 17.3. The molecule has 1 aliphatic rings. The van der Waals surface area contributed by atoms with Gasteiger partial charge in [0.1, 0.15) is 0 Å². The molecule has 2 amide bonds. The van der Waals surface area contributed by atoms with Crippen LogP contribution in [0.1, 0.15) is 26.5 Å². The summed E-state index contributed by atoms with van der Waals surface area (Å²) in [6.07, 6.45) is 2.29. The topological polar surface area (TPSA) is 90.2 Å². The maximum atomic E-state index is 12.4. The summed E-state index contributed by atoms with van der Waals surface area (Å²) in [5, 5.41) is 6.02. The van der Waals surface area contributed by atoms with E-state index < -0.39 is 0 Å². The molecule has 0 bridgehead atoms. The van der Waals surface area contributed by atoms with Crippen LogP contribution < -0.4 is 10.6 Å². The highest BCUT2D eigenvalue weighted by atomic mass is 127. The molecule has 1 fully saturated rings. The first-order chi connectivity index (χ1) is 14.1. The van der Waals surface area contributed by atoms with E-state index in [1.54, 1.807) is 37.2 Å². The van der Waals surface area contributed by atoms with E-state index in [1.165, 1.54) is 6.26 Å². The first-order valence-electron chi connectivity index (χ1n) is 9.71. The first-order valence-corrected chi connectivity index (χ1v) is 9.71. The zero-order valence-corrected chi connectivity index (χ0v) is 19.6. The van der Waals surface area contributed by atoms with Gasteiger partial charge in [-0.25, -0.2) is 0 Å². The molecule has 1 aromatic carbocycles. The van der Waals surface area contributed by atoms with Crippen LogP contribution in [0.4, 0.5) is 0 Å². The maximum absolute atomic E-state index is 12.4. The fourth-order valence-electron chi connectivity index (χ4n) is 3.34. The van der Waals surface area contributed by atoms with Crippen LogP contribution in [-0.2, 0) is 6.42 Å². The molecule has 1 saturated heterocycles. The molecule has 1 aromatic heterocycles. The third-order valence-electron chi connectivity index (χ3n) is 4.92. The van der Waals surface area contributed by atoms with Crippen LogP contribution in [0.2, 0.25) is 0 Å². The van der Waals surface area contributed by atoms with E-state index >= 15 is 0 Å². The smallest absolute Gasteiger partial charge is 0.289 e. The molecule has 0 radical (unpaired) electrons. The van der Waals surface area contributed by atoms with E-state index in [0.29, 0.717) is 44.0 Å². The van der Waals surface area contributed by atoms with Crippen molar-refractivity contribution in [2.45, 2.75) is 6.42 Å². The summed E-state index contributed by atoms with van der Waals surface area (Å²) in [7, 11) is 3.39. The Morgan fingerprint density at radius 2 is 1.83 bits per heavy atom. The first kappa shape index (κ1) is 23.7. The summed E-state index contributed by atoms with van der Waals surface area (Å²) >= 11 is 0. The fraction of sp³-hybridized carbons (Fsp3) is 0.381. The second-order valence-electron chi connectivity index (χ2n) is 6.76. The standard InChI is InChI=1S/C21H27N5O3.HI/c1-22-19(27)17-6-3-5-16(15-17)8-9-24-21(23-2)26-12-10-25(11-13-26)20(28)18-7-4-14-29-18;/h3-7,14-15H,8-13H2,1-2H3,(H,22,27)(H,23,24);1H. The van der Waals surface area contributed by atoms with Gasteiger partial charge < -0.3 is 24.9 Å². The average molecular weight is 525 g/mol. The number of piperazine rings is 1. The summed E-state index contributed by atoms with van der Waals surface area (Å²) in [5.41, 5.74) is 1.75. The molecule has 2 N–H and O–H groups in total. The zero-order chi connectivity index (χ0) is 20.6. The molecule has 0 spiro atoms.